The van der Waals surface area contributed by atoms with Gasteiger partial charge in [0, 0.05) is 36.8 Å². The van der Waals surface area contributed by atoms with Crippen molar-refractivity contribution in [1.82, 2.24) is 0 Å². The topological polar surface area (TPSA) is 64.7 Å². The van der Waals surface area contributed by atoms with Gasteiger partial charge < -0.3 is 20.3 Å². The van der Waals surface area contributed by atoms with Gasteiger partial charge in [0.2, 0.25) is 0 Å². The molecule has 0 aliphatic carbocycles. The van der Waals surface area contributed by atoms with Crippen molar-refractivity contribution in [2.75, 3.05) is 18.9 Å². The van der Waals surface area contributed by atoms with Gasteiger partial charge in [-0.3, -0.25) is 0 Å². The number of ether oxygens (including phenoxy) is 2. The first-order valence-corrected chi connectivity index (χ1v) is 5.87. The van der Waals surface area contributed by atoms with Crippen molar-refractivity contribution in [3.8, 4) is 11.5 Å². The molecule has 1 heterocycles. The third-order valence-corrected chi connectivity index (χ3v) is 2.71. The average molecular weight is 237 g/mol. The van der Waals surface area contributed by atoms with Gasteiger partial charge in [-0.2, -0.15) is 0 Å². The summed E-state index contributed by atoms with van der Waals surface area (Å²) in [4.78, 5) is 0. The van der Waals surface area contributed by atoms with E-state index >= 15 is 0 Å². The van der Waals surface area contributed by atoms with Crippen molar-refractivity contribution < 1.29 is 14.6 Å². The van der Waals surface area contributed by atoms with Crippen molar-refractivity contribution in [2.24, 2.45) is 0 Å². The monoisotopic (exact) mass is 237 g/mol. The number of nitrogens with two attached hydrogens (primary N) is 1. The van der Waals surface area contributed by atoms with E-state index < -0.39 is 0 Å². The smallest absolute Gasteiger partial charge is 0.165 e. The van der Waals surface area contributed by atoms with Crippen LogP contribution in [-0.4, -0.2) is 23.9 Å². The van der Waals surface area contributed by atoms with Gasteiger partial charge in [-0.25, -0.2) is 0 Å². The molecule has 1 aliphatic rings. The molecule has 17 heavy (non-hydrogen) atoms. The standard InChI is InChI=1S/C13H19NO3/c1-13(2)8-9-6-10(14)7-11(12(9)17-13)16-5-3-4-15/h6-7,15H,3-5,8,14H2,1-2H3. The normalized spacial score (nSPS) is 16.4. The molecule has 3 N–H and O–H groups in total. The molecule has 4 nitrogen and oxygen atoms in total. The Morgan fingerprint density at radius 2 is 2.24 bits per heavy atom. The van der Waals surface area contributed by atoms with Gasteiger partial charge in [-0.05, 0) is 19.9 Å². The van der Waals surface area contributed by atoms with Crippen molar-refractivity contribution in [2.45, 2.75) is 32.3 Å². The molecule has 0 bridgehead atoms. The van der Waals surface area contributed by atoms with E-state index in [1.54, 1.807) is 6.07 Å². The van der Waals surface area contributed by atoms with Gasteiger partial charge in [0.25, 0.3) is 0 Å². The minimum atomic E-state index is -0.203. The van der Waals surface area contributed by atoms with Crippen LogP contribution < -0.4 is 15.2 Å². The summed E-state index contributed by atoms with van der Waals surface area (Å²) < 4.78 is 11.5. The van der Waals surface area contributed by atoms with E-state index in [1.165, 1.54) is 0 Å². The van der Waals surface area contributed by atoms with Crippen LogP contribution in [0.4, 0.5) is 5.69 Å². The number of hydrogen-bond acceptors (Lipinski definition) is 4. The molecule has 0 spiro atoms. The highest BCUT2D eigenvalue weighted by atomic mass is 16.5. The third-order valence-electron chi connectivity index (χ3n) is 2.71. The highest BCUT2D eigenvalue weighted by Gasteiger charge is 2.32. The number of aliphatic hydroxyl groups excluding tert-OH is 1. The number of anilines is 1. The average Bonchev–Trinajstić information content (AvgIpc) is 2.52. The van der Waals surface area contributed by atoms with Crippen molar-refractivity contribution in [1.29, 1.82) is 0 Å². The van der Waals surface area contributed by atoms with Crippen LogP contribution in [0.2, 0.25) is 0 Å². The Balaban J connectivity index is 2.22. The first-order chi connectivity index (χ1) is 8.02. The Hall–Kier alpha value is -1.42. The summed E-state index contributed by atoms with van der Waals surface area (Å²) in [5, 5.41) is 8.74. The molecular formula is C13H19NO3. The van der Waals surface area contributed by atoms with Crippen LogP contribution in [0.25, 0.3) is 0 Å². The molecule has 1 aromatic rings. The summed E-state index contributed by atoms with van der Waals surface area (Å²) in [6.07, 6.45) is 1.44. The lowest BCUT2D eigenvalue weighted by molar-refractivity contribution is 0.131. The summed E-state index contributed by atoms with van der Waals surface area (Å²) >= 11 is 0. The van der Waals surface area contributed by atoms with E-state index in [1.807, 2.05) is 19.9 Å². The summed E-state index contributed by atoms with van der Waals surface area (Å²) in [7, 11) is 0. The Labute approximate surface area is 101 Å². The Morgan fingerprint density at radius 3 is 2.94 bits per heavy atom. The van der Waals surface area contributed by atoms with Crippen LogP contribution >= 0.6 is 0 Å². The Morgan fingerprint density at radius 1 is 1.47 bits per heavy atom. The van der Waals surface area contributed by atoms with Crippen LogP contribution in [0.15, 0.2) is 12.1 Å². The zero-order valence-electron chi connectivity index (χ0n) is 10.3. The molecule has 0 fully saturated rings. The van der Waals surface area contributed by atoms with Crippen molar-refractivity contribution in [3.63, 3.8) is 0 Å². The minimum Gasteiger partial charge on any atom is -0.490 e. The second-order valence-corrected chi connectivity index (χ2v) is 4.97. The van der Waals surface area contributed by atoms with Crippen LogP contribution in [-0.2, 0) is 6.42 Å². The second kappa shape index (κ2) is 4.45. The van der Waals surface area contributed by atoms with Crippen LogP contribution in [0.1, 0.15) is 25.8 Å². The lowest BCUT2D eigenvalue weighted by atomic mass is 10.0. The zero-order chi connectivity index (χ0) is 12.5. The molecule has 0 radical (unpaired) electrons. The lowest BCUT2D eigenvalue weighted by Gasteiger charge is -2.18. The van der Waals surface area contributed by atoms with E-state index in [0.29, 0.717) is 24.5 Å². The van der Waals surface area contributed by atoms with Crippen LogP contribution in [0.3, 0.4) is 0 Å². The number of nitrogen functional groups attached to an aromatic ring is 1. The maximum absolute atomic E-state index is 8.74. The maximum Gasteiger partial charge on any atom is 0.165 e. The van der Waals surface area contributed by atoms with Crippen molar-refractivity contribution in [3.05, 3.63) is 17.7 Å². The summed E-state index contributed by atoms with van der Waals surface area (Å²) in [6.45, 7) is 4.68. The molecule has 2 rings (SSSR count). The molecule has 0 aromatic heterocycles. The Bertz CT molecular complexity index is 415. The second-order valence-electron chi connectivity index (χ2n) is 4.97. The fourth-order valence-corrected chi connectivity index (χ4v) is 2.06. The minimum absolute atomic E-state index is 0.122. The fraction of sp³-hybridized carbons (Fsp3) is 0.538. The highest BCUT2D eigenvalue weighted by molar-refractivity contribution is 5.59. The summed E-state index contributed by atoms with van der Waals surface area (Å²) in [5.74, 6) is 1.47. The number of rotatable bonds is 4. The first kappa shape index (κ1) is 12.0. The number of aliphatic hydroxyl groups is 1. The summed E-state index contributed by atoms with van der Waals surface area (Å²) in [6, 6.07) is 3.71. The van der Waals surface area contributed by atoms with E-state index in [2.05, 4.69) is 0 Å². The van der Waals surface area contributed by atoms with Gasteiger partial charge >= 0.3 is 0 Å². The molecule has 0 unspecified atom stereocenters. The third kappa shape index (κ3) is 2.64. The molecular weight excluding hydrogens is 218 g/mol. The number of benzene rings is 1. The number of hydrogen-bond donors (Lipinski definition) is 2. The lowest BCUT2D eigenvalue weighted by Crippen LogP contribution is -2.24. The van der Waals surface area contributed by atoms with Gasteiger partial charge in [0.05, 0.1) is 6.61 Å². The highest BCUT2D eigenvalue weighted by Crippen LogP contribution is 2.43. The predicted molar refractivity (Wildman–Crippen MR) is 66.5 cm³/mol. The molecule has 0 amide bonds. The molecule has 1 aliphatic heterocycles. The fourth-order valence-electron chi connectivity index (χ4n) is 2.06. The van der Waals surface area contributed by atoms with Gasteiger partial charge in [0.1, 0.15) is 5.60 Å². The van der Waals surface area contributed by atoms with Gasteiger partial charge in [-0.1, -0.05) is 0 Å². The predicted octanol–water partition coefficient (Wildman–Crippen LogP) is 1.74. The molecule has 4 heteroatoms. The molecule has 94 valence electrons. The van der Waals surface area contributed by atoms with Gasteiger partial charge in [0.15, 0.2) is 11.5 Å². The number of fused-ring (bicyclic) bond motifs is 1. The van der Waals surface area contributed by atoms with Crippen molar-refractivity contribution >= 4 is 5.69 Å². The van der Waals surface area contributed by atoms with E-state index in [-0.39, 0.29) is 12.2 Å². The first-order valence-electron chi connectivity index (χ1n) is 5.87. The molecule has 0 atom stereocenters. The zero-order valence-corrected chi connectivity index (χ0v) is 10.3. The quantitative estimate of drug-likeness (QED) is 0.618. The largest absolute Gasteiger partial charge is 0.490 e. The van der Waals surface area contributed by atoms with Gasteiger partial charge in [-0.15, -0.1) is 0 Å². The van der Waals surface area contributed by atoms with E-state index in [4.69, 9.17) is 20.3 Å². The van der Waals surface area contributed by atoms with E-state index in [0.717, 1.165) is 17.7 Å². The van der Waals surface area contributed by atoms with Crippen LogP contribution in [0, 0.1) is 0 Å². The Kier molecular flexibility index (Phi) is 3.15. The maximum atomic E-state index is 8.74. The summed E-state index contributed by atoms with van der Waals surface area (Å²) in [5.41, 5.74) is 7.41. The van der Waals surface area contributed by atoms with E-state index in [9.17, 15) is 0 Å². The molecule has 0 saturated heterocycles. The molecule has 0 saturated carbocycles. The molecule has 1 aromatic carbocycles. The SMILES string of the molecule is CC1(C)Cc2cc(N)cc(OCCCO)c2O1. The van der Waals surface area contributed by atoms with Crippen LogP contribution in [0.5, 0.6) is 11.5 Å².